The van der Waals surface area contributed by atoms with E-state index in [1.165, 1.54) is 7.11 Å². The molecule has 0 aliphatic carbocycles. The molecule has 0 saturated carbocycles. The highest BCUT2D eigenvalue weighted by molar-refractivity contribution is 6.31. The summed E-state index contributed by atoms with van der Waals surface area (Å²) in [5.74, 6) is -1.36. The highest BCUT2D eigenvalue weighted by Gasteiger charge is 2.35. The Labute approximate surface area is 162 Å². The molecule has 140 valence electrons. The second kappa shape index (κ2) is 7.80. The van der Waals surface area contributed by atoms with Crippen molar-refractivity contribution in [2.24, 2.45) is 5.92 Å². The Hall–Kier alpha value is -2.86. The van der Waals surface area contributed by atoms with Gasteiger partial charge in [0.15, 0.2) is 0 Å². The topological polar surface area (TPSA) is 75.7 Å². The third-order valence-corrected chi connectivity index (χ3v) is 4.99. The van der Waals surface area contributed by atoms with Crippen molar-refractivity contribution in [2.75, 3.05) is 23.9 Å². The highest BCUT2D eigenvalue weighted by atomic mass is 35.5. The van der Waals surface area contributed by atoms with Crippen LogP contribution in [0.25, 0.3) is 0 Å². The second-order valence-electron chi connectivity index (χ2n) is 6.35. The first-order chi connectivity index (χ1) is 12.9. The van der Waals surface area contributed by atoms with Gasteiger partial charge < -0.3 is 15.0 Å². The molecule has 1 atom stereocenters. The predicted molar refractivity (Wildman–Crippen MR) is 103 cm³/mol. The maximum atomic E-state index is 12.6. The number of benzene rings is 2. The summed E-state index contributed by atoms with van der Waals surface area (Å²) in [6, 6.07) is 11.8. The first kappa shape index (κ1) is 18.9. The summed E-state index contributed by atoms with van der Waals surface area (Å²) < 4.78 is 4.68. The van der Waals surface area contributed by atoms with Gasteiger partial charge in [0.05, 0.1) is 18.6 Å². The van der Waals surface area contributed by atoms with Gasteiger partial charge in [0.2, 0.25) is 11.8 Å². The van der Waals surface area contributed by atoms with E-state index in [1.54, 1.807) is 41.3 Å². The van der Waals surface area contributed by atoms with Gasteiger partial charge in [-0.15, -0.1) is 0 Å². The van der Waals surface area contributed by atoms with Crippen LogP contribution in [0, 0.1) is 12.8 Å². The molecule has 0 spiro atoms. The Morgan fingerprint density at radius 1 is 1.22 bits per heavy atom. The van der Waals surface area contributed by atoms with Gasteiger partial charge in [-0.25, -0.2) is 4.79 Å². The number of carbonyl (C=O) groups excluding carboxylic acids is 3. The molecule has 1 aliphatic heterocycles. The van der Waals surface area contributed by atoms with Crippen LogP contribution < -0.4 is 10.2 Å². The SMILES string of the molecule is COC(=O)c1cccc(NC(=O)C2CC(=O)N(c3cccc(Cl)c3C)C2)c1. The summed E-state index contributed by atoms with van der Waals surface area (Å²) >= 11 is 6.14. The minimum Gasteiger partial charge on any atom is -0.465 e. The van der Waals surface area contributed by atoms with Gasteiger partial charge in [-0.1, -0.05) is 23.7 Å². The van der Waals surface area contributed by atoms with E-state index in [2.05, 4.69) is 10.1 Å². The van der Waals surface area contributed by atoms with Crippen molar-refractivity contribution in [3.05, 3.63) is 58.6 Å². The van der Waals surface area contributed by atoms with Crippen LogP contribution in [0.2, 0.25) is 5.02 Å². The van der Waals surface area contributed by atoms with Crippen LogP contribution in [0.5, 0.6) is 0 Å². The molecule has 0 bridgehead atoms. The van der Waals surface area contributed by atoms with Crippen molar-refractivity contribution >= 4 is 40.8 Å². The summed E-state index contributed by atoms with van der Waals surface area (Å²) in [7, 11) is 1.30. The predicted octanol–water partition coefficient (Wildman–Crippen LogP) is 3.43. The maximum Gasteiger partial charge on any atom is 0.337 e. The van der Waals surface area contributed by atoms with E-state index in [-0.39, 0.29) is 24.8 Å². The van der Waals surface area contributed by atoms with Crippen molar-refractivity contribution < 1.29 is 19.1 Å². The molecule has 1 N–H and O–H groups in total. The zero-order chi connectivity index (χ0) is 19.6. The van der Waals surface area contributed by atoms with Gasteiger partial charge in [0, 0.05) is 29.4 Å². The van der Waals surface area contributed by atoms with E-state index in [9.17, 15) is 14.4 Å². The van der Waals surface area contributed by atoms with E-state index in [4.69, 9.17) is 11.6 Å². The molecule has 3 rings (SSSR count). The molecular weight excluding hydrogens is 368 g/mol. The van der Waals surface area contributed by atoms with Crippen LogP contribution in [-0.2, 0) is 14.3 Å². The summed E-state index contributed by atoms with van der Waals surface area (Å²) in [6.07, 6.45) is 0.120. The van der Waals surface area contributed by atoms with E-state index >= 15 is 0 Å². The third kappa shape index (κ3) is 3.95. The molecule has 2 amide bonds. The number of hydrogen-bond acceptors (Lipinski definition) is 4. The molecule has 1 heterocycles. The molecule has 1 saturated heterocycles. The Balaban J connectivity index is 1.73. The lowest BCUT2D eigenvalue weighted by atomic mass is 10.1. The lowest BCUT2D eigenvalue weighted by Crippen LogP contribution is -2.28. The normalized spacial score (nSPS) is 16.3. The van der Waals surface area contributed by atoms with E-state index in [1.807, 2.05) is 13.0 Å². The van der Waals surface area contributed by atoms with Gasteiger partial charge in [-0.2, -0.15) is 0 Å². The number of nitrogens with zero attached hydrogens (tertiary/aromatic N) is 1. The smallest absolute Gasteiger partial charge is 0.337 e. The van der Waals surface area contributed by atoms with Crippen molar-refractivity contribution in [3.8, 4) is 0 Å². The number of carbonyl (C=O) groups is 3. The third-order valence-electron chi connectivity index (χ3n) is 4.58. The van der Waals surface area contributed by atoms with Gasteiger partial charge in [-0.05, 0) is 42.8 Å². The van der Waals surface area contributed by atoms with Crippen LogP contribution in [0.15, 0.2) is 42.5 Å². The summed E-state index contributed by atoms with van der Waals surface area (Å²) in [5, 5.41) is 3.35. The molecule has 2 aromatic rings. The van der Waals surface area contributed by atoms with Gasteiger partial charge in [0.25, 0.3) is 0 Å². The minimum atomic E-state index is -0.488. The molecule has 1 aliphatic rings. The quantitative estimate of drug-likeness (QED) is 0.817. The number of halogens is 1. The second-order valence-corrected chi connectivity index (χ2v) is 6.76. The number of ether oxygens (including phenoxy) is 1. The van der Waals surface area contributed by atoms with E-state index < -0.39 is 11.9 Å². The maximum absolute atomic E-state index is 12.6. The molecule has 1 fully saturated rings. The van der Waals surface area contributed by atoms with Crippen molar-refractivity contribution in [1.29, 1.82) is 0 Å². The largest absolute Gasteiger partial charge is 0.465 e. The Kier molecular flexibility index (Phi) is 5.46. The summed E-state index contributed by atoms with van der Waals surface area (Å²) in [6.45, 7) is 2.12. The molecule has 0 aromatic heterocycles. The number of rotatable bonds is 4. The zero-order valence-electron chi connectivity index (χ0n) is 15.0. The lowest BCUT2D eigenvalue weighted by molar-refractivity contribution is -0.122. The van der Waals surface area contributed by atoms with Gasteiger partial charge in [0.1, 0.15) is 0 Å². The van der Waals surface area contributed by atoms with Crippen LogP contribution in [0.4, 0.5) is 11.4 Å². The van der Waals surface area contributed by atoms with Crippen molar-refractivity contribution in [1.82, 2.24) is 0 Å². The fraction of sp³-hybridized carbons (Fsp3) is 0.250. The van der Waals surface area contributed by atoms with Gasteiger partial charge in [-0.3, -0.25) is 9.59 Å². The van der Waals surface area contributed by atoms with Crippen molar-refractivity contribution in [3.63, 3.8) is 0 Å². The molecule has 2 aromatic carbocycles. The Morgan fingerprint density at radius 3 is 2.70 bits per heavy atom. The van der Waals surface area contributed by atoms with Crippen LogP contribution in [0.1, 0.15) is 22.3 Å². The fourth-order valence-corrected chi connectivity index (χ4v) is 3.26. The van der Waals surface area contributed by atoms with Gasteiger partial charge >= 0.3 is 5.97 Å². The first-order valence-corrected chi connectivity index (χ1v) is 8.83. The van der Waals surface area contributed by atoms with E-state index in [0.717, 1.165) is 11.3 Å². The fourth-order valence-electron chi connectivity index (χ4n) is 3.09. The highest BCUT2D eigenvalue weighted by Crippen LogP contribution is 2.31. The Morgan fingerprint density at radius 2 is 1.96 bits per heavy atom. The molecular formula is C20H19ClN2O4. The van der Waals surface area contributed by atoms with Crippen molar-refractivity contribution in [2.45, 2.75) is 13.3 Å². The molecule has 1 unspecified atom stereocenters. The first-order valence-electron chi connectivity index (χ1n) is 8.45. The zero-order valence-corrected chi connectivity index (χ0v) is 15.7. The molecule has 7 heteroatoms. The van der Waals surface area contributed by atoms with Crippen LogP contribution >= 0.6 is 11.6 Å². The lowest BCUT2D eigenvalue weighted by Gasteiger charge is -2.19. The average Bonchev–Trinajstić information content (AvgIpc) is 3.05. The average molecular weight is 387 g/mol. The van der Waals surface area contributed by atoms with Crippen LogP contribution in [0.3, 0.4) is 0 Å². The number of nitrogens with one attached hydrogen (secondary N) is 1. The number of anilines is 2. The van der Waals surface area contributed by atoms with E-state index in [0.29, 0.717) is 16.3 Å². The van der Waals surface area contributed by atoms with Crippen LogP contribution in [-0.4, -0.2) is 31.4 Å². The monoisotopic (exact) mass is 386 g/mol. The minimum absolute atomic E-state index is 0.120. The number of methoxy groups -OCH3 is 1. The summed E-state index contributed by atoms with van der Waals surface area (Å²) in [5.41, 5.74) is 2.34. The summed E-state index contributed by atoms with van der Waals surface area (Å²) in [4.78, 5) is 38.2. The number of amides is 2. The number of esters is 1. The number of hydrogen-bond donors (Lipinski definition) is 1. The molecule has 6 nitrogen and oxygen atoms in total. The molecule has 27 heavy (non-hydrogen) atoms. The molecule has 0 radical (unpaired) electrons. The standard InChI is InChI=1S/C20H19ClN2O4/c1-12-16(21)7-4-8-17(12)23-11-14(10-18(23)24)19(25)22-15-6-3-5-13(9-15)20(26)27-2/h3-9,14H,10-11H2,1-2H3,(H,22,25). The Bertz CT molecular complexity index is 913.